The van der Waals surface area contributed by atoms with E-state index in [1.807, 2.05) is 0 Å². The zero-order valence-corrected chi connectivity index (χ0v) is 13.2. The highest BCUT2D eigenvalue weighted by Crippen LogP contribution is 2.09. The Balaban J connectivity index is 2.06. The molecule has 0 aromatic rings. The molecule has 0 atom stereocenters. The summed E-state index contributed by atoms with van der Waals surface area (Å²) in [7, 11) is 1.58. The number of nitrogens with zero attached hydrogens (tertiary/aromatic N) is 2. The van der Waals surface area contributed by atoms with E-state index in [2.05, 4.69) is 5.32 Å². The van der Waals surface area contributed by atoms with Gasteiger partial charge in [0, 0.05) is 38.9 Å². The summed E-state index contributed by atoms with van der Waals surface area (Å²) in [4.78, 5) is 37.2. The average molecular weight is 317 g/mol. The van der Waals surface area contributed by atoms with Crippen molar-refractivity contribution in [2.24, 2.45) is 0 Å². The maximum atomic E-state index is 11.6. The van der Waals surface area contributed by atoms with Crippen LogP contribution in [0.25, 0.3) is 0 Å². The summed E-state index contributed by atoms with van der Waals surface area (Å²) in [6.07, 6.45) is 1.56. The van der Waals surface area contributed by atoms with Gasteiger partial charge < -0.3 is 15.3 Å². The molecular weight excluding hydrogens is 294 g/mol. The highest BCUT2D eigenvalue weighted by Gasteiger charge is 2.32. The van der Waals surface area contributed by atoms with E-state index >= 15 is 0 Å². The molecule has 0 aromatic carbocycles. The van der Waals surface area contributed by atoms with E-state index in [4.69, 9.17) is 5.11 Å². The number of hydrogen-bond donors (Lipinski definition) is 2. The molecule has 0 aliphatic carbocycles. The van der Waals surface area contributed by atoms with Gasteiger partial charge in [-0.05, 0) is 18.6 Å². The molecule has 1 saturated heterocycles. The molecule has 8 heteroatoms. The number of thioether (sulfide) groups is 1. The molecule has 1 heterocycles. The predicted octanol–water partition coefficient (Wildman–Crippen LogP) is -0.108. The summed E-state index contributed by atoms with van der Waals surface area (Å²) in [5, 5.41) is 11.4. The van der Waals surface area contributed by atoms with Gasteiger partial charge in [0.25, 0.3) is 0 Å². The van der Waals surface area contributed by atoms with Crippen LogP contribution < -0.4 is 5.32 Å². The number of urea groups is 1. The van der Waals surface area contributed by atoms with Gasteiger partial charge in [0.1, 0.15) is 6.54 Å². The number of aliphatic hydroxyl groups excluding tert-OH is 1. The van der Waals surface area contributed by atoms with Crippen LogP contribution >= 0.6 is 11.8 Å². The highest BCUT2D eigenvalue weighted by molar-refractivity contribution is 7.99. The van der Waals surface area contributed by atoms with Crippen LogP contribution in [-0.2, 0) is 9.59 Å². The second-order valence-electron chi connectivity index (χ2n) is 4.83. The minimum Gasteiger partial charge on any atom is -0.396 e. The van der Waals surface area contributed by atoms with Crippen molar-refractivity contribution in [3.05, 3.63) is 0 Å². The molecule has 0 spiro atoms. The maximum Gasteiger partial charge on any atom is 0.326 e. The minimum absolute atomic E-state index is 0.0646. The number of nitrogens with one attached hydrogen (secondary N) is 1. The Morgan fingerprint density at radius 3 is 2.71 bits per heavy atom. The van der Waals surface area contributed by atoms with Gasteiger partial charge in [-0.25, -0.2) is 4.79 Å². The van der Waals surface area contributed by atoms with Crippen molar-refractivity contribution in [3.8, 4) is 0 Å². The van der Waals surface area contributed by atoms with E-state index in [9.17, 15) is 14.4 Å². The SMILES string of the molecule is CN1CC(=O)N(CCCC(=O)NCCSCCCO)C1=O. The maximum absolute atomic E-state index is 11.6. The molecule has 0 aromatic heterocycles. The van der Waals surface area contributed by atoms with Crippen LogP contribution in [0, 0.1) is 0 Å². The Hall–Kier alpha value is -1.28. The van der Waals surface area contributed by atoms with Gasteiger partial charge in [-0.1, -0.05) is 0 Å². The third-order valence-electron chi connectivity index (χ3n) is 3.03. The summed E-state index contributed by atoms with van der Waals surface area (Å²) in [5.41, 5.74) is 0. The molecule has 2 N–H and O–H groups in total. The lowest BCUT2D eigenvalue weighted by atomic mass is 10.3. The monoisotopic (exact) mass is 317 g/mol. The highest BCUT2D eigenvalue weighted by atomic mass is 32.2. The molecule has 1 fully saturated rings. The lowest BCUT2D eigenvalue weighted by Gasteiger charge is -2.13. The first-order valence-electron chi connectivity index (χ1n) is 7.07. The van der Waals surface area contributed by atoms with E-state index in [0.29, 0.717) is 25.9 Å². The summed E-state index contributed by atoms with van der Waals surface area (Å²) in [6.45, 7) is 1.21. The number of rotatable bonds is 10. The number of hydrogen-bond acceptors (Lipinski definition) is 5. The topological polar surface area (TPSA) is 90.0 Å². The predicted molar refractivity (Wildman–Crippen MR) is 81.0 cm³/mol. The Labute approximate surface area is 129 Å². The molecule has 120 valence electrons. The van der Waals surface area contributed by atoms with Gasteiger partial charge in [0.05, 0.1) is 0 Å². The molecule has 4 amide bonds. The Morgan fingerprint density at radius 1 is 1.33 bits per heavy atom. The van der Waals surface area contributed by atoms with Crippen LogP contribution in [0.1, 0.15) is 19.3 Å². The number of amides is 4. The minimum atomic E-state index is -0.291. The second kappa shape index (κ2) is 9.62. The van der Waals surface area contributed by atoms with Crippen molar-refractivity contribution in [2.45, 2.75) is 19.3 Å². The van der Waals surface area contributed by atoms with Gasteiger partial charge >= 0.3 is 6.03 Å². The van der Waals surface area contributed by atoms with Gasteiger partial charge in [0.2, 0.25) is 11.8 Å². The first-order valence-corrected chi connectivity index (χ1v) is 8.22. The largest absolute Gasteiger partial charge is 0.396 e. The Bertz CT molecular complexity index is 378. The normalized spacial score (nSPS) is 15.0. The third-order valence-corrected chi connectivity index (χ3v) is 4.10. The van der Waals surface area contributed by atoms with Gasteiger partial charge in [-0.2, -0.15) is 11.8 Å². The van der Waals surface area contributed by atoms with Crippen molar-refractivity contribution in [2.75, 3.05) is 44.8 Å². The number of imide groups is 1. The van der Waals surface area contributed by atoms with E-state index in [1.165, 1.54) is 9.80 Å². The summed E-state index contributed by atoms with van der Waals surface area (Å²) >= 11 is 1.69. The van der Waals surface area contributed by atoms with Crippen LogP contribution in [0.5, 0.6) is 0 Å². The second-order valence-corrected chi connectivity index (χ2v) is 6.05. The lowest BCUT2D eigenvalue weighted by molar-refractivity contribution is -0.126. The van der Waals surface area contributed by atoms with Gasteiger partial charge in [-0.3, -0.25) is 14.5 Å². The van der Waals surface area contributed by atoms with Crippen LogP contribution in [0.4, 0.5) is 4.79 Å². The Morgan fingerprint density at radius 2 is 2.10 bits per heavy atom. The average Bonchev–Trinajstić information content (AvgIpc) is 2.69. The molecule has 1 aliphatic rings. The van der Waals surface area contributed by atoms with E-state index in [0.717, 1.165) is 17.9 Å². The fraction of sp³-hybridized carbons (Fsp3) is 0.769. The molecule has 7 nitrogen and oxygen atoms in total. The molecule has 0 bridgehead atoms. The summed E-state index contributed by atoms with van der Waals surface area (Å²) in [6, 6.07) is -0.291. The summed E-state index contributed by atoms with van der Waals surface area (Å²) in [5.74, 6) is 1.44. The van der Waals surface area contributed by atoms with Gasteiger partial charge in [0.15, 0.2) is 0 Å². The van der Waals surface area contributed by atoms with Crippen LogP contribution in [-0.4, -0.2) is 77.5 Å². The molecule has 0 saturated carbocycles. The van der Waals surface area contributed by atoms with E-state index in [1.54, 1.807) is 18.8 Å². The lowest BCUT2D eigenvalue weighted by Crippen LogP contribution is -2.33. The van der Waals surface area contributed by atoms with E-state index < -0.39 is 0 Å². The number of aliphatic hydroxyl groups is 1. The fourth-order valence-electron chi connectivity index (χ4n) is 1.91. The Kier molecular flexibility index (Phi) is 8.14. The zero-order chi connectivity index (χ0) is 15.7. The molecule has 0 radical (unpaired) electrons. The van der Waals surface area contributed by atoms with Crippen molar-refractivity contribution < 1.29 is 19.5 Å². The number of carbonyl (C=O) groups excluding carboxylic acids is 3. The standard InChI is InChI=1S/C13H23N3O4S/c1-15-10-12(19)16(13(15)20)6-2-4-11(18)14-5-9-21-8-3-7-17/h17H,2-10H2,1H3,(H,14,18). The van der Waals surface area contributed by atoms with Crippen molar-refractivity contribution in [3.63, 3.8) is 0 Å². The first kappa shape index (κ1) is 17.8. The zero-order valence-electron chi connectivity index (χ0n) is 12.3. The smallest absolute Gasteiger partial charge is 0.326 e. The van der Waals surface area contributed by atoms with Gasteiger partial charge in [-0.15, -0.1) is 0 Å². The van der Waals surface area contributed by atoms with Crippen LogP contribution in [0.15, 0.2) is 0 Å². The van der Waals surface area contributed by atoms with Crippen molar-refractivity contribution in [1.29, 1.82) is 0 Å². The fourth-order valence-corrected chi connectivity index (χ4v) is 2.69. The quantitative estimate of drug-likeness (QED) is 0.433. The molecule has 21 heavy (non-hydrogen) atoms. The molecular formula is C13H23N3O4S. The van der Waals surface area contributed by atoms with Crippen LogP contribution in [0.3, 0.4) is 0 Å². The number of carbonyl (C=O) groups is 3. The summed E-state index contributed by atoms with van der Waals surface area (Å²) < 4.78 is 0. The molecule has 0 unspecified atom stereocenters. The molecule has 1 rings (SSSR count). The van der Waals surface area contributed by atoms with Crippen molar-refractivity contribution >= 4 is 29.6 Å². The first-order chi connectivity index (χ1) is 10.1. The van der Waals surface area contributed by atoms with Crippen LogP contribution in [0.2, 0.25) is 0 Å². The molecule has 1 aliphatic heterocycles. The van der Waals surface area contributed by atoms with Crippen molar-refractivity contribution in [1.82, 2.24) is 15.1 Å². The third kappa shape index (κ3) is 6.34. The number of likely N-dealkylation sites (N-methyl/N-ethyl adjacent to an activating group) is 1. The van der Waals surface area contributed by atoms with E-state index in [-0.39, 0.29) is 31.0 Å².